The Morgan fingerprint density at radius 3 is 2.73 bits per heavy atom. The Bertz CT molecular complexity index is 584. The van der Waals surface area contributed by atoms with E-state index in [4.69, 9.17) is 10.3 Å². The monoisotopic (exact) mass is 297 g/mol. The minimum absolute atomic E-state index is 0.562. The number of hydrogen-bond donors (Lipinski definition) is 1. The molecule has 1 aromatic carbocycles. The summed E-state index contributed by atoms with van der Waals surface area (Å²) in [4.78, 5) is 3.34. The van der Waals surface area contributed by atoms with Gasteiger partial charge < -0.3 is 15.6 Å². The Balaban J connectivity index is 1.95. The summed E-state index contributed by atoms with van der Waals surface area (Å²) in [5.41, 5.74) is 11.7. The van der Waals surface area contributed by atoms with E-state index in [0.717, 1.165) is 17.8 Å². The van der Waals surface area contributed by atoms with Crippen molar-refractivity contribution in [1.29, 1.82) is 0 Å². The molecule has 4 heteroatoms. The van der Waals surface area contributed by atoms with E-state index < -0.39 is 0 Å². The van der Waals surface area contributed by atoms with Gasteiger partial charge in [-0.3, -0.25) is 0 Å². The molecule has 0 heterocycles. The summed E-state index contributed by atoms with van der Waals surface area (Å²) in [7, 11) is 0. The smallest absolute Gasteiger partial charge is 0.337 e. The van der Waals surface area contributed by atoms with Crippen LogP contribution in [0, 0.1) is 0 Å². The largest absolute Gasteiger partial charge is 0.486 e. The Morgan fingerprint density at radius 1 is 1.18 bits per heavy atom. The maximum atomic E-state index is 9.10. The minimum atomic E-state index is 0.562. The highest BCUT2D eigenvalue weighted by molar-refractivity contribution is 5.97. The number of anilines is 1. The summed E-state index contributed by atoms with van der Waals surface area (Å²) < 4.78 is 5.79. The van der Waals surface area contributed by atoms with Gasteiger partial charge in [-0.25, -0.2) is 0 Å². The Kier molecular flexibility index (Phi) is 6.46. The lowest BCUT2D eigenvalue weighted by Crippen LogP contribution is -2.14. The molecule has 0 atom stereocenters. The summed E-state index contributed by atoms with van der Waals surface area (Å²) in [6.07, 6.45) is 9.07. The van der Waals surface area contributed by atoms with E-state index in [2.05, 4.69) is 17.0 Å². The van der Waals surface area contributed by atoms with Crippen molar-refractivity contribution in [2.75, 3.05) is 11.9 Å². The number of ether oxygens (including phenoxy) is 1. The van der Waals surface area contributed by atoms with Crippen molar-refractivity contribution in [3.05, 3.63) is 59.5 Å². The zero-order valence-corrected chi connectivity index (χ0v) is 13.1. The van der Waals surface area contributed by atoms with Gasteiger partial charge in [0, 0.05) is 17.5 Å². The quantitative estimate of drug-likeness (QED) is 0.435. The average molecular weight is 297 g/mol. The van der Waals surface area contributed by atoms with Crippen molar-refractivity contribution < 1.29 is 9.53 Å². The minimum Gasteiger partial charge on any atom is -0.486 e. The summed E-state index contributed by atoms with van der Waals surface area (Å²) in [5.74, 6) is 0.653. The Hall–Kier alpha value is -2.32. The lowest BCUT2D eigenvalue weighted by atomic mass is 10.1. The normalized spacial score (nSPS) is 14.0. The van der Waals surface area contributed by atoms with E-state index in [0.29, 0.717) is 24.5 Å². The van der Waals surface area contributed by atoms with Gasteiger partial charge in [0.05, 0.1) is 13.0 Å². The van der Waals surface area contributed by atoms with Crippen LogP contribution in [0.3, 0.4) is 0 Å². The van der Waals surface area contributed by atoms with Crippen LogP contribution in [0.25, 0.3) is 5.53 Å². The molecule has 2 rings (SSSR count). The zero-order chi connectivity index (χ0) is 15.6. The van der Waals surface area contributed by atoms with Crippen molar-refractivity contribution in [3.63, 3.8) is 0 Å². The summed E-state index contributed by atoms with van der Waals surface area (Å²) in [6.45, 7) is 2.84. The fraction of sp³-hybridized carbons (Fsp3) is 0.389. The van der Waals surface area contributed by atoms with Crippen LogP contribution in [-0.4, -0.2) is 17.1 Å². The molecule has 0 saturated carbocycles. The molecule has 116 valence electrons. The molecule has 0 unspecified atom stereocenters. The molecule has 4 nitrogen and oxygen atoms in total. The molecule has 1 aliphatic rings. The van der Waals surface area contributed by atoms with Gasteiger partial charge in [-0.15, -0.1) is 0 Å². The topological polar surface area (TPSA) is 57.7 Å². The number of allylic oxidation sites excluding steroid dienone is 3. The Morgan fingerprint density at radius 2 is 2.00 bits per heavy atom. The molecule has 0 aromatic heterocycles. The fourth-order valence-corrected chi connectivity index (χ4v) is 2.29. The number of hydrogen-bond acceptors (Lipinski definition) is 2. The predicted molar refractivity (Wildman–Crippen MR) is 89.6 cm³/mol. The summed E-state index contributed by atoms with van der Waals surface area (Å²) in [5, 5.41) is 3.33. The van der Waals surface area contributed by atoms with Gasteiger partial charge in [0.2, 0.25) is 5.76 Å². The fourth-order valence-electron chi connectivity index (χ4n) is 2.29. The second-order valence-electron chi connectivity index (χ2n) is 5.32. The molecule has 0 spiro atoms. The van der Waals surface area contributed by atoms with Crippen molar-refractivity contribution in [2.45, 2.75) is 39.0 Å². The van der Waals surface area contributed by atoms with Crippen LogP contribution >= 0.6 is 0 Å². The molecule has 1 N–H and O–H groups in total. The third-order valence-corrected chi connectivity index (χ3v) is 3.52. The first-order valence-electron chi connectivity index (χ1n) is 7.91. The van der Waals surface area contributed by atoms with Gasteiger partial charge in [0.25, 0.3) is 0 Å². The van der Waals surface area contributed by atoms with E-state index in [1.807, 2.05) is 42.5 Å². The molecule has 1 aromatic rings. The molecule has 0 amide bonds. The van der Waals surface area contributed by atoms with Crippen LogP contribution in [0.4, 0.5) is 5.69 Å². The van der Waals surface area contributed by atoms with Crippen LogP contribution in [0.2, 0.25) is 0 Å². The second kappa shape index (κ2) is 8.85. The van der Waals surface area contributed by atoms with Crippen molar-refractivity contribution in [1.82, 2.24) is 0 Å². The molecule has 22 heavy (non-hydrogen) atoms. The van der Waals surface area contributed by atoms with Gasteiger partial charge in [0.15, 0.2) is 0 Å². The van der Waals surface area contributed by atoms with Gasteiger partial charge in [-0.05, 0) is 24.6 Å². The summed E-state index contributed by atoms with van der Waals surface area (Å²) in [6, 6.07) is 9.98. The molecular weight excluding hydrogens is 274 g/mol. The van der Waals surface area contributed by atoms with Crippen LogP contribution in [0.5, 0.6) is 0 Å². The van der Waals surface area contributed by atoms with E-state index in [1.165, 1.54) is 19.3 Å². The maximum absolute atomic E-state index is 9.10. The number of para-hydroxylation sites is 1. The summed E-state index contributed by atoms with van der Waals surface area (Å²) >= 11 is 0. The van der Waals surface area contributed by atoms with Crippen molar-refractivity contribution >= 4 is 11.4 Å². The lowest BCUT2D eigenvalue weighted by molar-refractivity contribution is -0.0121. The Labute approximate surface area is 132 Å². The first-order chi connectivity index (χ1) is 10.8. The molecule has 0 saturated heterocycles. The molecule has 0 bridgehead atoms. The SMILES string of the molecule is CCCCCCOC1=CC(Nc2ccccc2)=CCC1=[N+]=[N-]. The first kappa shape index (κ1) is 16.1. The third-order valence-electron chi connectivity index (χ3n) is 3.52. The van der Waals surface area contributed by atoms with Crippen LogP contribution in [-0.2, 0) is 4.74 Å². The van der Waals surface area contributed by atoms with Crippen molar-refractivity contribution in [2.24, 2.45) is 0 Å². The van der Waals surface area contributed by atoms with E-state index >= 15 is 0 Å². The highest BCUT2D eigenvalue weighted by atomic mass is 16.5. The molecule has 1 aliphatic carbocycles. The van der Waals surface area contributed by atoms with Gasteiger partial charge in [0.1, 0.15) is 0 Å². The highest BCUT2D eigenvalue weighted by Crippen LogP contribution is 2.18. The maximum Gasteiger partial charge on any atom is 0.337 e. The van der Waals surface area contributed by atoms with Gasteiger partial charge >= 0.3 is 5.71 Å². The molecule has 0 radical (unpaired) electrons. The lowest BCUT2D eigenvalue weighted by Gasteiger charge is -2.14. The highest BCUT2D eigenvalue weighted by Gasteiger charge is 2.21. The van der Waals surface area contributed by atoms with Crippen LogP contribution in [0.1, 0.15) is 39.0 Å². The zero-order valence-electron chi connectivity index (χ0n) is 13.1. The van der Waals surface area contributed by atoms with Crippen LogP contribution < -0.4 is 5.32 Å². The first-order valence-corrected chi connectivity index (χ1v) is 7.91. The van der Waals surface area contributed by atoms with Gasteiger partial charge in [-0.2, -0.15) is 4.79 Å². The number of benzene rings is 1. The van der Waals surface area contributed by atoms with Gasteiger partial charge in [-0.1, -0.05) is 44.4 Å². The molecular formula is C18H23N3O. The second-order valence-corrected chi connectivity index (χ2v) is 5.32. The molecule has 0 aliphatic heterocycles. The number of nitrogens with one attached hydrogen (secondary N) is 1. The average Bonchev–Trinajstić information content (AvgIpc) is 2.56. The number of unbranched alkanes of at least 4 members (excludes halogenated alkanes) is 3. The van der Waals surface area contributed by atoms with Crippen LogP contribution in [0.15, 0.2) is 53.9 Å². The number of rotatable bonds is 8. The number of nitrogens with zero attached hydrogens (tertiary/aromatic N) is 2. The molecule has 0 fully saturated rings. The third kappa shape index (κ3) is 4.90. The standard InChI is InChI=1S/C18H23N3O/c1-2-3-4-8-13-22-18-14-16(11-12-17(18)21-19)20-15-9-6-5-7-10-15/h5-7,9-11,14,20H,2-4,8,12-13H2,1H3. The van der Waals surface area contributed by atoms with Crippen molar-refractivity contribution in [3.8, 4) is 0 Å². The van der Waals surface area contributed by atoms with E-state index in [1.54, 1.807) is 0 Å². The predicted octanol–water partition coefficient (Wildman–Crippen LogP) is 4.54. The van der Waals surface area contributed by atoms with E-state index in [9.17, 15) is 0 Å². The van der Waals surface area contributed by atoms with E-state index in [-0.39, 0.29) is 0 Å².